The third kappa shape index (κ3) is 2.87. The zero-order chi connectivity index (χ0) is 16.6. The van der Waals surface area contributed by atoms with Crippen molar-refractivity contribution in [3.8, 4) is 17.0 Å². The van der Waals surface area contributed by atoms with Crippen LogP contribution in [0.5, 0.6) is 5.88 Å². The Morgan fingerprint density at radius 1 is 1.35 bits per heavy atom. The van der Waals surface area contributed by atoms with Crippen molar-refractivity contribution in [1.29, 1.82) is 0 Å². The van der Waals surface area contributed by atoms with Gasteiger partial charge in [-0.2, -0.15) is 0 Å². The van der Waals surface area contributed by atoms with Crippen LogP contribution in [0.15, 0.2) is 24.3 Å². The smallest absolute Gasteiger partial charge is 0.267 e. The molecule has 1 aromatic heterocycles. The summed E-state index contributed by atoms with van der Waals surface area (Å²) < 4.78 is 32.8. The van der Waals surface area contributed by atoms with Gasteiger partial charge in [-0.1, -0.05) is 0 Å². The highest BCUT2D eigenvalue weighted by Crippen LogP contribution is 2.36. The first kappa shape index (κ1) is 15.4. The molecule has 1 amide bonds. The molecule has 5 nitrogen and oxygen atoms in total. The number of nitrogens with two attached hydrogens (primary N) is 1. The predicted molar refractivity (Wildman–Crippen MR) is 77.9 cm³/mol. The first-order chi connectivity index (χ1) is 11.0. The second-order valence-electron chi connectivity index (χ2n) is 5.29. The summed E-state index contributed by atoms with van der Waals surface area (Å²) in [5.74, 6) is -2.09. The SMILES string of the molecule is NC(=O)c1cc(-c2ccc(F)cc2F)c2c(n1)O[C@@H](CO)CC2. The summed E-state index contributed by atoms with van der Waals surface area (Å²) in [6.45, 7) is -0.192. The van der Waals surface area contributed by atoms with E-state index >= 15 is 0 Å². The first-order valence-corrected chi connectivity index (χ1v) is 7.06. The van der Waals surface area contributed by atoms with Gasteiger partial charge in [0.25, 0.3) is 5.91 Å². The molecule has 1 aromatic carbocycles. The van der Waals surface area contributed by atoms with Gasteiger partial charge < -0.3 is 15.6 Å². The number of hydrogen-bond donors (Lipinski definition) is 2. The minimum atomic E-state index is -0.786. The number of nitrogens with zero attached hydrogens (tertiary/aromatic N) is 1. The summed E-state index contributed by atoms with van der Waals surface area (Å²) in [5, 5.41) is 9.21. The minimum absolute atomic E-state index is 0.0823. The molecule has 3 rings (SSSR count). The van der Waals surface area contributed by atoms with Gasteiger partial charge in [-0.25, -0.2) is 13.8 Å². The third-order valence-corrected chi connectivity index (χ3v) is 3.76. The van der Waals surface area contributed by atoms with Crippen molar-refractivity contribution >= 4 is 5.91 Å². The molecule has 0 aliphatic carbocycles. The number of aliphatic hydroxyl groups excluding tert-OH is 1. The van der Waals surface area contributed by atoms with Gasteiger partial charge in [-0.3, -0.25) is 4.79 Å². The zero-order valence-corrected chi connectivity index (χ0v) is 12.1. The first-order valence-electron chi connectivity index (χ1n) is 7.06. The van der Waals surface area contributed by atoms with Gasteiger partial charge in [-0.05, 0) is 36.6 Å². The molecular weight excluding hydrogens is 306 g/mol. The van der Waals surface area contributed by atoms with Gasteiger partial charge in [0.1, 0.15) is 23.4 Å². The van der Waals surface area contributed by atoms with Crippen molar-refractivity contribution in [3.63, 3.8) is 0 Å². The maximum absolute atomic E-state index is 14.1. The summed E-state index contributed by atoms with van der Waals surface area (Å²) in [4.78, 5) is 15.5. The van der Waals surface area contributed by atoms with Crippen LogP contribution >= 0.6 is 0 Å². The number of rotatable bonds is 3. The number of halogens is 2. The molecule has 0 spiro atoms. The van der Waals surface area contributed by atoms with Crippen LogP contribution in [0.2, 0.25) is 0 Å². The van der Waals surface area contributed by atoms with E-state index in [1.807, 2.05) is 0 Å². The van der Waals surface area contributed by atoms with Crippen molar-refractivity contribution < 1.29 is 23.4 Å². The van der Waals surface area contributed by atoms with Crippen LogP contribution in [-0.2, 0) is 6.42 Å². The van der Waals surface area contributed by atoms with Crippen LogP contribution in [0.1, 0.15) is 22.5 Å². The monoisotopic (exact) mass is 320 g/mol. The number of fused-ring (bicyclic) bond motifs is 1. The number of carbonyl (C=O) groups is 1. The Bertz CT molecular complexity index is 780. The number of aliphatic hydroxyl groups is 1. The average Bonchev–Trinajstić information content (AvgIpc) is 2.53. The number of carbonyl (C=O) groups excluding carboxylic acids is 1. The molecule has 1 aliphatic heterocycles. The molecule has 0 saturated heterocycles. The van der Waals surface area contributed by atoms with E-state index < -0.39 is 23.6 Å². The zero-order valence-electron chi connectivity index (χ0n) is 12.1. The van der Waals surface area contributed by atoms with Crippen LogP contribution in [0, 0.1) is 11.6 Å². The second kappa shape index (κ2) is 5.92. The van der Waals surface area contributed by atoms with E-state index in [0.717, 1.165) is 12.1 Å². The van der Waals surface area contributed by atoms with Gasteiger partial charge in [0.2, 0.25) is 5.88 Å². The number of pyridine rings is 1. The van der Waals surface area contributed by atoms with E-state index in [1.54, 1.807) is 0 Å². The lowest BCUT2D eigenvalue weighted by Crippen LogP contribution is -2.28. The summed E-state index contributed by atoms with van der Waals surface area (Å²) in [6, 6.07) is 4.57. The van der Waals surface area contributed by atoms with Crippen molar-refractivity contribution in [2.75, 3.05) is 6.61 Å². The number of amides is 1. The molecule has 0 bridgehead atoms. The Morgan fingerprint density at radius 2 is 2.13 bits per heavy atom. The lowest BCUT2D eigenvalue weighted by Gasteiger charge is -2.26. The second-order valence-corrected chi connectivity index (χ2v) is 5.29. The van der Waals surface area contributed by atoms with Gasteiger partial charge in [0.15, 0.2) is 0 Å². The van der Waals surface area contributed by atoms with E-state index in [0.29, 0.717) is 24.0 Å². The van der Waals surface area contributed by atoms with Crippen LogP contribution in [0.3, 0.4) is 0 Å². The molecule has 120 valence electrons. The molecule has 0 saturated carbocycles. The van der Waals surface area contributed by atoms with Crippen molar-refractivity contribution in [2.45, 2.75) is 18.9 Å². The van der Waals surface area contributed by atoms with Crippen LogP contribution in [0.4, 0.5) is 8.78 Å². The number of ether oxygens (including phenoxy) is 1. The highest BCUT2D eigenvalue weighted by Gasteiger charge is 2.26. The third-order valence-electron chi connectivity index (χ3n) is 3.76. The van der Waals surface area contributed by atoms with Crippen LogP contribution in [-0.4, -0.2) is 28.7 Å². The van der Waals surface area contributed by atoms with E-state index in [9.17, 15) is 18.7 Å². The Labute approximate surface area is 130 Å². The Morgan fingerprint density at radius 3 is 2.78 bits per heavy atom. The lowest BCUT2D eigenvalue weighted by atomic mass is 9.94. The van der Waals surface area contributed by atoms with Gasteiger partial charge in [0, 0.05) is 17.2 Å². The lowest BCUT2D eigenvalue weighted by molar-refractivity contribution is 0.0913. The maximum atomic E-state index is 14.1. The topological polar surface area (TPSA) is 85.4 Å². The fourth-order valence-corrected chi connectivity index (χ4v) is 2.61. The molecule has 2 aromatic rings. The van der Waals surface area contributed by atoms with Gasteiger partial charge in [0.05, 0.1) is 6.61 Å². The Kier molecular flexibility index (Phi) is 3.96. The number of hydrogen-bond acceptors (Lipinski definition) is 4. The van der Waals surface area contributed by atoms with E-state index in [2.05, 4.69) is 4.98 Å². The fraction of sp³-hybridized carbons (Fsp3) is 0.250. The molecule has 2 heterocycles. The summed E-state index contributed by atoms with van der Waals surface area (Å²) in [5.41, 5.74) is 6.31. The predicted octanol–water partition coefficient (Wildman–Crippen LogP) is 1.81. The van der Waals surface area contributed by atoms with Gasteiger partial charge >= 0.3 is 0 Å². The molecule has 1 atom stereocenters. The van der Waals surface area contributed by atoms with Crippen molar-refractivity contribution in [2.24, 2.45) is 5.73 Å². The fourth-order valence-electron chi connectivity index (χ4n) is 2.61. The molecule has 1 aliphatic rings. The van der Waals surface area contributed by atoms with Crippen molar-refractivity contribution in [3.05, 3.63) is 47.2 Å². The summed E-state index contributed by atoms with van der Waals surface area (Å²) in [6.07, 6.45) is 0.569. The molecule has 0 radical (unpaired) electrons. The summed E-state index contributed by atoms with van der Waals surface area (Å²) >= 11 is 0. The van der Waals surface area contributed by atoms with Crippen molar-refractivity contribution in [1.82, 2.24) is 4.98 Å². The molecule has 7 heteroatoms. The Balaban J connectivity index is 2.19. The maximum Gasteiger partial charge on any atom is 0.267 e. The normalized spacial score (nSPS) is 16.6. The van der Waals surface area contributed by atoms with Gasteiger partial charge in [-0.15, -0.1) is 0 Å². The highest BCUT2D eigenvalue weighted by molar-refractivity contribution is 5.93. The van der Waals surface area contributed by atoms with E-state index in [-0.39, 0.29) is 23.7 Å². The molecule has 23 heavy (non-hydrogen) atoms. The minimum Gasteiger partial charge on any atom is -0.472 e. The quantitative estimate of drug-likeness (QED) is 0.903. The molecule has 0 unspecified atom stereocenters. The van der Waals surface area contributed by atoms with Crippen LogP contribution < -0.4 is 10.5 Å². The van der Waals surface area contributed by atoms with E-state index in [4.69, 9.17) is 10.5 Å². The standard InChI is InChI=1S/C16H14F2N2O3/c17-8-1-3-10(13(18)5-8)12-6-14(15(19)22)20-16-11(12)4-2-9(7-21)23-16/h1,3,5-6,9,21H,2,4,7H2,(H2,19,22)/t9-/m1/s1. The number of benzene rings is 1. The van der Waals surface area contributed by atoms with E-state index in [1.165, 1.54) is 12.1 Å². The molecular formula is C16H14F2N2O3. The summed E-state index contributed by atoms with van der Waals surface area (Å²) in [7, 11) is 0. The largest absolute Gasteiger partial charge is 0.472 e. The average molecular weight is 320 g/mol. The number of aromatic nitrogens is 1. The Hall–Kier alpha value is -2.54. The highest BCUT2D eigenvalue weighted by atomic mass is 19.1. The molecule has 3 N–H and O–H groups in total. The number of primary amides is 1. The van der Waals surface area contributed by atoms with Crippen LogP contribution in [0.25, 0.3) is 11.1 Å². The molecule has 0 fully saturated rings.